The summed E-state index contributed by atoms with van der Waals surface area (Å²) in [5.41, 5.74) is 6.43. The number of nitro groups is 1. The predicted molar refractivity (Wildman–Crippen MR) is 95.4 cm³/mol. The minimum atomic E-state index is -0.346. The van der Waals surface area contributed by atoms with E-state index >= 15 is 0 Å². The second-order valence-electron chi connectivity index (χ2n) is 6.80. The monoisotopic (exact) mass is 320 g/mol. The molecule has 1 aliphatic carbocycles. The smallest absolute Gasteiger partial charge is 0.269 e. The van der Waals surface area contributed by atoms with Gasteiger partial charge in [0.05, 0.1) is 11.0 Å². The Bertz CT molecular complexity index is 839. The van der Waals surface area contributed by atoms with Gasteiger partial charge >= 0.3 is 0 Å². The zero-order valence-electron chi connectivity index (χ0n) is 13.8. The molecule has 4 rings (SSSR count). The Morgan fingerprint density at radius 2 is 1.88 bits per heavy atom. The van der Waals surface area contributed by atoms with Crippen molar-refractivity contribution >= 4 is 11.4 Å². The molecule has 0 saturated heterocycles. The first-order chi connectivity index (χ1) is 11.6. The fourth-order valence-corrected chi connectivity index (χ4v) is 4.05. The number of fused-ring (bicyclic) bond motifs is 3. The molecule has 2 aromatic rings. The van der Waals surface area contributed by atoms with Gasteiger partial charge < -0.3 is 5.32 Å². The van der Waals surface area contributed by atoms with Crippen LogP contribution in [0.2, 0.25) is 0 Å². The molecule has 1 heterocycles. The minimum Gasteiger partial charge on any atom is -0.377 e. The van der Waals surface area contributed by atoms with Gasteiger partial charge in [-0.2, -0.15) is 0 Å². The highest BCUT2D eigenvalue weighted by molar-refractivity contribution is 5.65. The number of benzene rings is 2. The summed E-state index contributed by atoms with van der Waals surface area (Å²) in [5.74, 6) is 0.877. The Labute approximate surface area is 141 Å². The summed E-state index contributed by atoms with van der Waals surface area (Å²) in [4.78, 5) is 10.6. The maximum Gasteiger partial charge on any atom is 0.269 e. The molecule has 122 valence electrons. The van der Waals surface area contributed by atoms with Crippen LogP contribution in [-0.4, -0.2) is 4.92 Å². The van der Waals surface area contributed by atoms with Gasteiger partial charge in [-0.05, 0) is 48.4 Å². The Morgan fingerprint density at radius 3 is 2.58 bits per heavy atom. The van der Waals surface area contributed by atoms with Gasteiger partial charge in [0, 0.05) is 23.7 Å². The van der Waals surface area contributed by atoms with Crippen molar-refractivity contribution in [1.82, 2.24) is 0 Å². The zero-order chi connectivity index (χ0) is 16.8. The van der Waals surface area contributed by atoms with Gasteiger partial charge in [0.15, 0.2) is 0 Å². The first-order valence-corrected chi connectivity index (χ1v) is 8.34. The normalized spacial score (nSPS) is 24.2. The fraction of sp³-hybridized carbons (Fsp3) is 0.300. The van der Waals surface area contributed by atoms with E-state index in [1.807, 2.05) is 12.1 Å². The molecule has 1 aliphatic heterocycles. The van der Waals surface area contributed by atoms with Crippen molar-refractivity contribution < 1.29 is 4.92 Å². The summed E-state index contributed by atoms with van der Waals surface area (Å²) < 4.78 is 0. The highest BCUT2D eigenvalue weighted by Crippen LogP contribution is 2.50. The van der Waals surface area contributed by atoms with E-state index in [1.165, 1.54) is 22.4 Å². The van der Waals surface area contributed by atoms with E-state index in [0.717, 1.165) is 12.0 Å². The summed E-state index contributed by atoms with van der Waals surface area (Å²) in [6.07, 6.45) is 5.61. The average molecular weight is 320 g/mol. The highest BCUT2D eigenvalue weighted by Gasteiger charge is 2.38. The molecule has 0 fully saturated rings. The van der Waals surface area contributed by atoms with E-state index in [4.69, 9.17) is 0 Å². The number of nitro benzene ring substituents is 1. The van der Waals surface area contributed by atoms with Crippen LogP contribution in [0.1, 0.15) is 40.6 Å². The van der Waals surface area contributed by atoms with Crippen LogP contribution in [0.3, 0.4) is 0 Å². The number of aryl methyl sites for hydroxylation is 1. The van der Waals surface area contributed by atoms with E-state index in [9.17, 15) is 10.1 Å². The number of nitrogens with zero attached hydrogens (tertiary/aromatic N) is 1. The Kier molecular flexibility index (Phi) is 3.41. The third kappa shape index (κ3) is 2.21. The standard InChI is InChI=1S/C20H20N2O2/c1-12-6-11-18-16-4-3-5-17(16)20(21-19(18)13(12)2)14-7-9-15(10-8-14)22(23)24/h3-4,6-11,16-17,20-21H,5H2,1-2H3/t16-,17+,20+/m1/s1. The zero-order valence-corrected chi connectivity index (χ0v) is 13.8. The molecule has 4 heteroatoms. The van der Waals surface area contributed by atoms with Gasteiger partial charge in [0.2, 0.25) is 0 Å². The van der Waals surface area contributed by atoms with E-state index < -0.39 is 0 Å². The summed E-state index contributed by atoms with van der Waals surface area (Å²) in [6, 6.07) is 11.6. The van der Waals surface area contributed by atoms with Crippen LogP contribution in [0.15, 0.2) is 48.6 Å². The quantitative estimate of drug-likeness (QED) is 0.479. The summed E-state index contributed by atoms with van der Waals surface area (Å²) in [5, 5.41) is 14.6. The maximum atomic E-state index is 10.9. The summed E-state index contributed by atoms with van der Waals surface area (Å²) >= 11 is 0. The first-order valence-electron chi connectivity index (χ1n) is 8.34. The van der Waals surface area contributed by atoms with E-state index in [1.54, 1.807) is 12.1 Å². The van der Waals surface area contributed by atoms with Gasteiger partial charge in [-0.25, -0.2) is 0 Å². The largest absolute Gasteiger partial charge is 0.377 e. The highest BCUT2D eigenvalue weighted by atomic mass is 16.6. The van der Waals surface area contributed by atoms with Crippen LogP contribution in [-0.2, 0) is 0 Å². The number of hydrogen-bond acceptors (Lipinski definition) is 3. The maximum absolute atomic E-state index is 10.9. The van der Waals surface area contributed by atoms with Crippen molar-refractivity contribution in [2.45, 2.75) is 32.2 Å². The molecule has 0 spiro atoms. The lowest BCUT2D eigenvalue weighted by molar-refractivity contribution is -0.384. The molecule has 2 aromatic carbocycles. The van der Waals surface area contributed by atoms with Crippen LogP contribution < -0.4 is 5.32 Å². The lowest BCUT2D eigenvalue weighted by Gasteiger charge is -2.38. The lowest BCUT2D eigenvalue weighted by atomic mass is 9.76. The second-order valence-corrected chi connectivity index (χ2v) is 6.80. The third-order valence-electron chi connectivity index (χ3n) is 5.53. The molecule has 0 bridgehead atoms. The molecule has 3 atom stereocenters. The van der Waals surface area contributed by atoms with Gasteiger partial charge in [0.25, 0.3) is 5.69 Å². The molecule has 4 nitrogen and oxygen atoms in total. The molecular weight excluding hydrogens is 300 g/mol. The van der Waals surface area contributed by atoms with Gasteiger partial charge in [0.1, 0.15) is 0 Å². The van der Waals surface area contributed by atoms with Crippen LogP contribution in [0.4, 0.5) is 11.4 Å². The van der Waals surface area contributed by atoms with Crippen molar-refractivity contribution in [3.63, 3.8) is 0 Å². The molecule has 0 saturated carbocycles. The molecule has 0 amide bonds. The SMILES string of the molecule is Cc1ccc2c(c1C)N[C@@H](c1ccc([N+](=O)[O-])cc1)[C@H]1CC=C[C@@H]21. The van der Waals surface area contributed by atoms with E-state index in [2.05, 4.69) is 43.4 Å². The van der Waals surface area contributed by atoms with Crippen molar-refractivity contribution in [2.75, 3.05) is 5.32 Å². The van der Waals surface area contributed by atoms with Crippen LogP contribution >= 0.6 is 0 Å². The molecule has 1 N–H and O–H groups in total. The van der Waals surface area contributed by atoms with E-state index in [-0.39, 0.29) is 16.7 Å². The van der Waals surface area contributed by atoms with Gasteiger partial charge in [-0.15, -0.1) is 0 Å². The Balaban J connectivity index is 1.77. The Hall–Kier alpha value is -2.62. The molecule has 24 heavy (non-hydrogen) atoms. The minimum absolute atomic E-state index is 0.142. The van der Waals surface area contributed by atoms with Crippen LogP contribution in [0.25, 0.3) is 0 Å². The number of hydrogen-bond donors (Lipinski definition) is 1. The van der Waals surface area contributed by atoms with Crippen LogP contribution in [0.5, 0.6) is 0 Å². The molecule has 2 aliphatic rings. The lowest BCUT2D eigenvalue weighted by Crippen LogP contribution is -2.29. The second kappa shape index (κ2) is 5.48. The van der Waals surface area contributed by atoms with Crippen molar-refractivity contribution in [1.29, 1.82) is 0 Å². The summed E-state index contributed by atoms with van der Waals surface area (Å²) in [7, 11) is 0. The molecular formula is C20H20N2O2. The van der Waals surface area contributed by atoms with Gasteiger partial charge in [-0.1, -0.05) is 36.4 Å². The number of nitrogens with one attached hydrogen (secondary N) is 1. The topological polar surface area (TPSA) is 55.2 Å². The Morgan fingerprint density at radius 1 is 1.12 bits per heavy atom. The predicted octanol–water partition coefficient (Wildman–Crippen LogP) is 5.04. The molecule has 0 radical (unpaired) electrons. The third-order valence-corrected chi connectivity index (χ3v) is 5.53. The fourth-order valence-electron chi connectivity index (χ4n) is 4.05. The number of rotatable bonds is 2. The van der Waals surface area contributed by atoms with Crippen molar-refractivity contribution in [2.24, 2.45) is 5.92 Å². The number of non-ortho nitro benzene ring substituents is 1. The number of allylic oxidation sites excluding steroid dienone is 2. The van der Waals surface area contributed by atoms with Crippen molar-refractivity contribution in [3.05, 3.63) is 80.9 Å². The van der Waals surface area contributed by atoms with Crippen LogP contribution in [0, 0.1) is 29.9 Å². The van der Waals surface area contributed by atoms with E-state index in [0.29, 0.717) is 11.8 Å². The van der Waals surface area contributed by atoms with Crippen molar-refractivity contribution in [3.8, 4) is 0 Å². The molecule has 0 aromatic heterocycles. The summed E-state index contributed by atoms with van der Waals surface area (Å²) in [6.45, 7) is 4.29. The first kappa shape index (κ1) is 14.9. The number of anilines is 1. The molecule has 0 unspecified atom stereocenters. The van der Waals surface area contributed by atoms with Gasteiger partial charge in [-0.3, -0.25) is 10.1 Å². The average Bonchev–Trinajstić information content (AvgIpc) is 3.07.